The van der Waals surface area contributed by atoms with Crippen molar-refractivity contribution in [1.82, 2.24) is 4.90 Å². The fourth-order valence-corrected chi connectivity index (χ4v) is 1.51. The summed E-state index contributed by atoms with van der Waals surface area (Å²) in [6.45, 7) is 13.9. The summed E-state index contributed by atoms with van der Waals surface area (Å²) in [7, 11) is 0. The number of nitrogens with zero attached hydrogens (tertiary/aromatic N) is 2. The molecular formula is C13H26N2O. The summed E-state index contributed by atoms with van der Waals surface area (Å²) in [6.07, 6.45) is 0.0272. The molecule has 1 saturated heterocycles. The topological polar surface area (TPSA) is 44.1 Å². The third-order valence-electron chi connectivity index (χ3n) is 2.57. The summed E-state index contributed by atoms with van der Waals surface area (Å²) in [6, 6.07) is 1.88. The van der Waals surface area contributed by atoms with Crippen molar-refractivity contribution in [3.63, 3.8) is 0 Å². The van der Waals surface area contributed by atoms with E-state index in [1.165, 1.54) is 0 Å². The maximum Gasteiger partial charge on any atom is 0.236 e. The smallest absolute Gasteiger partial charge is 0.236 e. The van der Waals surface area contributed by atoms with Crippen molar-refractivity contribution in [2.45, 2.75) is 48.0 Å². The number of amides is 1. The van der Waals surface area contributed by atoms with E-state index in [-0.39, 0.29) is 12.3 Å². The molecule has 1 rings (SSSR count). The molecule has 2 unspecified atom stereocenters. The molecule has 3 heteroatoms. The van der Waals surface area contributed by atoms with E-state index in [9.17, 15) is 4.79 Å². The van der Waals surface area contributed by atoms with Crippen LogP contribution in [0.15, 0.2) is 0 Å². The fraction of sp³-hybridized carbons (Fsp3) is 0.846. The van der Waals surface area contributed by atoms with E-state index in [0.717, 1.165) is 13.1 Å². The van der Waals surface area contributed by atoms with Crippen molar-refractivity contribution >= 4 is 5.91 Å². The van der Waals surface area contributed by atoms with Gasteiger partial charge in [-0.1, -0.05) is 41.5 Å². The largest absolute Gasteiger partial charge is 0.341 e. The first-order valence-corrected chi connectivity index (χ1v) is 6.30. The number of likely N-dealkylation sites (tertiary alicyclic amines) is 1. The van der Waals surface area contributed by atoms with E-state index < -0.39 is 0 Å². The third kappa shape index (κ3) is 5.75. The maximum absolute atomic E-state index is 11.2. The van der Waals surface area contributed by atoms with Crippen LogP contribution in [0.5, 0.6) is 0 Å². The van der Waals surface area contributed by atoms with Crippen molar-refractivity contribution < 1.29 is 4.79 Å². The molecule has 1 aliphatic rings. The molecule has 0 aromatic rings. The third-order valence-corrected chi connectivity index (χ3v) is 2.57. The second-order valence-corrected chi connectivity index (χ2v) is 3.59. The van der Waals surface area contributed by atoms with Crippen molar-refractivity contribution in [2.75, 3.05) is 13.1 Å². The van der Waals surface area contributed by atoms with Crippen LogP contribution in [0.1, 0.15) is 48.0 Å². The van der Waals surface area contributed by atoms with Gasteiger partial charge in [0.2, 0.25) is 5.91 Å². The lowest BCUT2D eigenvalue weighted by molar-refractivity contribution is -0.129. The number of rotatable bonds is 1. The molecule has 2 atom stereocenters. The minimum absolute atomic E-state index is 0.0197. The van der Waals surface area contributed by atoms with E-state index >= 15 is 0 Å². The van der Waals surface area contributed by atoms with Crippen LogP contribution < -0.4 is 0 Å². The van der Waals surface area contributed by atoms with E-state index in [1.54, 1.807) is 4.90 Å². The molecule has 0 N–H and O–H groups in total. The lowest BCUT2D eigenvalue weighted by Gasteiger charge is -2.13. The number of carbonyl (C=O) groups is 1. The summed E-state index contributed by atoms with van der Waals surface area (Å²) in [5, 5.41) is 8.33. The molecular weight excluding hydrogens is 200 g/mol. The Kier molecular flexibility index (Phi) is 11.4. The summed E-state index contributed by atoms with van der Waals surface area (Å²) in [4.78, 5) is 13.0. The first-order valence-electron chi connectivity index (χ1n) is 6.30. The van der Waals surface area contributed by atoms with Gasteiger partial charge in [-0.05, 0) is 11.8 Å². The Morgan fingerprint density at radius 2 is 1.56 bits per heavy atom. The molecule has 0 aliphatic carbocycles. The molecule has 1 aliphatic heterocycles. The summed E-state index contributed by atoms with van der Waals surface area (Å²) < 4.78 is 0. The molecule has 94 valence electrons. The first-order chi connectivity index (χ1) is 7.65. The Bertz CT molecular complexity index is 210. The highest BCUT2D eigenvalue weighted by Crippen LogP contribution is 2.22. The van der Waals surface area contributed by atoms with Crippen molar-refractivity contribution in [3.05, 3.63) is 0 Å². The van der Waals surface area contributed by atoms with Crippen LogP contribution in [0, 0.1) is 23.2 Å². The molecule has 0 bridgehead atoms. The highest BCUT2D eigenvalue weighted by atomic mass is 16.2. The zero-order valence-electron chi connectivity index (χ0n) is 11.6. The van der Waals surface area contributed by atoms with Crippen LogP contribution in [-0.2, 0) is 4.79 Å². The molecule has 0 aromatic heterocycles. The van der Waals surface area contributed by atoms with Crippen LogP contribution in [0.25, 0.3) is 0 Å². The average molecular weight is 226 g/mol. The van der Waals surface area contributed by atoms with Gasteiger partial charge in [-0.15, -0.1) is 0 Å². The number of hydrogen-bond donors (Lipinski definition) is 0. The van der Waals surface area contributed by atoms with Gasteiger partial charge >= 0.3 is 0 Å². The Labute approximate surface area is 100 Å². The van der Waals surface area contributed by atoms with E-state index in [2.05, 4.69) is 13.8 Å². The SMILES string of the molecule is CC.CC.CC1CN(C(=O)CC#N)CC1C. The Morgan fingerprint density at radius 3 is 1.88 bits per heavy atom. The van der Waals surface area contributed by atoms with Gasteiger partial charge in [0.15, 0.2) is 0 Å². The maximum atomic E-state index is 11.2. The van der Waals surface area contributed by atoms with Gasteiger partial charge in [0.1, 0.15) is 6.42 Å². The van der Waals surface area contributed by atoms with Crippen LogP contribution in [0.3, 0.4) is 0 Å². The molecule has 1 amide bonds. The zero-order valence-corrected chi connectivity index (χ0v) is 11.6. The number of hydrogen-bond acceptors (Lipinski definition) is 2. The second kappa shape index (κ2) is 10.5. The molecule has 16 heavy (non-hydrogen) atoms. The Balaban J connectivity index is 0. The molecule has 0 saturated carbocycles. The van der Waals surface area contributed by atoms with E-state index in [1.807, 2.05) is 33.8 Å². The van der Waals surface area contributed by atoms with Crippen molar-refractivity contribution in [2.24, 2.45) is 11.8 Å². The highest BCUT2D eigenvalue weighted by molar-refractivity contribution is 5.78. The highest BCUT2D eigenvalue weighted by Gasteiger charge is 2.28. The van der Waals surface area contributed by atoms with Gasteiger partial charge in [0.25, 0.3) is 0 Å². The minimum atomic E-state index is -0.0197. The molecule has 0 radical (unpaired) electrons. The van der Waals surface area contributed by atoms with Crippen molar-refractivity contribution in [1.29, 1.82) is 5.26 Å². The van der Waals surface area contributed by atoms with Gasteiger partial charge in [-0.3, -0.25) is 4.79 Å². The van der Waals surface area contributed by atoms with E-state index in [0.29, 0.717) is 11.8 Å². The van der Waals surface area contributed by atoms with Crippen LogP contribution in [-0.4, -0.2) is 23.9 Å². The lowest BCUT2D eigenvalue weighted by atomic mass is 10.0. The van der Waals surface area contributed by atoms with Gasteiger partial charge in [0.05, 0.1) is 6.07 Å². The van der Waals surface area contributed by atoms with Gasteiger partial charge in [0, 0.05) is 13.1 Å². The molecule has 1 fully saturated rings. The van der Waals surface area contributed by atoms with Crippen molar-refractivity contribution in [3.8, 4) is 6.07 Å². The number of nitriles is 1. The Morgan fingerprint density at radius 1 is 1.19 bits per heavy atom. The summed E-state index contributed by atoms with van der Waals surface area (Å²) in [5.41, 5.74) is 0. The molecule has 0 aromatic carbocycles. The standard InChI is InChI=1S/C9H14N2O.2C2H6/c1-7-5-11(6-8(7)2)9(12)3-4-10;2*1-2/h7-8H,3,5-6H2,1-2H3;2*1-2H3. The van der Waals surface area contributed by atoms with Crippen LogP contribution in [0.2, 0.25) is 0 Å². The minimum Gasteiger partial charge on any atom is -0.341 e. The molecule has 3 nitrogen and oxygen atoms in total. The summed E-state index contributed by atoms with van der Waals surface area (Å²) in [5.74, 6) is 1.13. The van der Waals surface area contributed by atoms with Gasteiger partial charge in [-0.25, -0.2) is 0 Å². The zero-order chi connectivity index (χ0) is 13.1. The lowest BCUT2D eigenvalue weighted by Crippen LogP contribution is -2.28. The number of carbonyl (C=O) groups excluding carboxylic acids is 1. The summed E-state index contributed by atoms with van der Waals surface area (Å²) >= 11 is 0. The fourth-order valence-electron chi connectivity index (χ4n) is 1.51. The van der Waals surface area contributed by atoms with Gasteiger partial charge in [-0.2, -0.15) is 5.26 Å². The monoisotopic (exact) mass is 226 g/mol. The van der Waals surface area contributed by atoms with Gasteiger partial charge < -0.3 is 4.90 Å². The predicted octanol–water partition coefficient (Wildman–Crippen LogP) is 3.07. The molecule has 0 spiro atoms. The predicted molar refractivity (Wildman–Crippen MR) is 67.8 cm³/mol. The van der Waals surface area contributed by atoms with Crippen LogP contribution in [0.4, 0.5) is 0 Å². The normalized spacial score (nSPS) is 22.2. The first kappa shape index (κ1) is 17.4. The average Bonchev–Trinajstić information content (AvgIpc) is 2.65. The molecule has 1 heterocycles. The second-order valence-electron chi connectivity index (χ2n) is 3.59. The quantitative estimate of drug-likeness (QED) is 0.689. The Hall–Kier alpha value is -1.04. The van der Waals surface area contributed by atoms with Crippen LogP contribution >= 0.6 is 0 Å². The van der Waals surface area contributed by atoms with E-state index in [4.69, 9.17) is 5.26 Å².